The topological polar surface area (TPSA) is 585 Å². The normalized spacial score (nSPS) is 14.1. The zero-order valence-electron chi connectivity index (χ0n) is 55.2. The van der Waals surface area contributed by atoms with Gasteiger partial charge in [0.2, 0.25) is 70.9 Å². The van der Waals surface area contributed by atoms with Crippen molar-refractivity contribution < 1.29 is 72.5 Å². The van der Waals surface area contributed by atoms with E-state index in [1.165, 1.54) is 50.2 Å². The zero-order valence-corrected chi connectivity index (χ0v) is 55.2. The number of benzene rings is 2. The number of nitrogens with one attached hydrogen (secondary N) is 14. The van der Waals surface area contributed by atoms with Crippen LogP contribution in [0.4, 0.5) is 0 Å². The van der Waals surface area contributed by atoms with Crippen LogP contribution < -0.4 is 92.5 Å². The first-order valence-electron chi connectivity index (χ1n) is 31.6. The highest BCUT2D eigenvalue weighted by Gasteiger charge is 2.37. The SMILES string of the molecule is CNCCCCC(NC(=O)[C@@H](C)Cc1ccc(O)cc1)C(=O)N[C@@H](CC(N)=O)C(=O)N[C@@H](CC(C)C)C(=O)N[C@H](C(=O)N[C@@H](CC=O)C(=O)N[C@@H](CCCNC(=N)N)C(=O)N[C@@H](CCC(N)=O)C(=O)N[C@@H](CCCNC(=N)N)C(=O)N[C@@H](Cc1ccc(O)cc1)C(N)=O)C(C)C. The number of unbranched alkanes of at least 4 members (excludes halogenated alkanes) is 1. The minimum atomic E-state index is -1.74. The van der Waals surface area contributed by atoms with Crippen molar-refractivity contribution in [2.45, 2.75) is 179 Å². The largest absolute Gasteiger partial charge is 0.508 e. The maximum absolute atomic E-state index is 14.4. The number of phenols is 2. The lowest BCUT2D eigenvalue weighted by atomic mass is 9.98. The van der Waals surface area contributed by atoms with Crippen LogP contribution in [0.25, 0.3) is 0 Å². The fourth-order valence-electron chi connectivity index (χ4n) is 9.68. The smallest absolute Gasteiger partial charge is 0.243 e. The third-order valence-electron chi connectivity index (χ3n) is 14.9. The van der Waals surface area contributed by atoms with Gasteiger partial charge in [0.25, 0.3) is 0 Å². The molecule has 26 N–H and O–H groups in total. The van der Waals surface area contributed by atoms with E-state index in [4.69, 9.17) is 39.5 Å². The second-order valence-corrected chi connectivity index (χ2v) is 24.0. The molecule has 96 heavy (non-hydrogen) atoms. The van der Waals surface area contributed by atoms with Gasteiger partial charge in [0, 0.05) is 38.3 Å². The highest BCUT2D eigenvalue weighted by molar-refractivity contribution is 6.00. The summed E-state index contributed by atoms with van der Waals surface area (Å²) in [4.78, 5) is 176. The summed E-state index contributed by atoms with van der Waals surface area (Å²) in [6.45, 7) is 8.77. The van der Waals surface area contributed by atoms with Crippen molar-refractivity contribution in [1.82, 2.24) is 63.8 Å². The van der Waals surface area contributed by atoms with Crippen LogP contribution in [0.5, 0.6) is 11.5 Å². The average Bonchev–Trinajstić information content (AvgIpc) is 0.885. The summed E-state index contributed by atoms with van der Waals surface area (Å²) in [5, 5.41) is 65.5. The number of hydrogen-bond acceptors (Lipinski definition) is 18. The fourth-order valence-corrected chi connectivity index (χ4v) is 9.68. The lowest BCUT2D eigenvalue weighted by Gasteiger charge is -2.29. The highest BCUT2D eigenvalue weighted by Crippen LogP contribution is 2.17. The molecule has 0 heterocycles. The van der Waals surface area contributed by atoms with Crippen molar-refractivity contribution in [2.75, 3.05) is 26.7 Å². The van der Waals surface area contributed by atoms with Crippen LogP contribution in [0, 0.1) is 28.6 Å². The summed E-state index contributed by atoms with van der Waals surface area (Å²) >= 11 is 0. The molecule has 0 aliphatic heterocycles. The number of amides is 12. The van der Waals surface area contributed by atoms with Crippen LogP contribution in [0.1, 0.15) is 123 Å². The molecule has 0 radical (unpaired) electrons. The lowest BCUT2D eigenvalue weighted by Crippen LogP contribution is -2.61. The number of phenolic OH excluding ortho intramolecular Hbond substituents is 2. The molecule has 2 rings (SSSR count). The van der Waals surface area contributed by atoms with Gasteiger partial charge < -0.3 is 107 Å². The Morgan fingerprint density at radius 2 is 0.844 bits per heavy atom. The van der Waals surface area contributed by atoms with E-state index in [0.29, 0.717) is 31.2 Å². The number of aromatic hydroxyl groups is 2. The molecule has 0 bridgehead atoms. The number of guanidine groups is 2. The lowest BCUT2D eigenvalue weighted by molar-refractivity contribution is -0.137. The minimum absolute atomic E-state index is 0.00679. The molecule has 10 atom stereocenters. The first kappa shape index (κ1) is 81.9. The molecule has 532 valence electrons. The summed E-state index contributed by atoms with van der Waals surface area (Å²) < 4.78 is 0. The number of aldehydes is 1. The summed E-state index contributed by atoms with van der Waals surface area (Å²) in [5.74, 6) is -13.9. The van der Waals surface area contributed by atoms with Gasteiger partial charge >= 0.3 is 0 Å². The number of hydrogen-bond donors (Lipinski definition) is 21. The number of carbonyl (C=O) groups is 13. The van der Waals surface area contributed by atoms with E-state index in [1.807, 2.05) is 0 Å². The number of rotatable bonds is 46. The van der Waals surface area contributed by atoms with Crippen molar-refractivity contribution in [3.05, 3.63) is 59.7 Å². The van der Waals surface area contributed by atoms with Gasteiger partial charge in [0.15, 0.2) is 11.9 Å². The van der Waals surface area contributed by atoms with E-state index in [0.717, 1.165) is 5.56 Å². The van der Waals surface area contributed by atoms with E-state index < -0.39 is 175 Å². The Morgan fingerprint density at radius 1 is 0.448 bits per heavy atom. The van der Waals surface area contributed by atoms with Gasteiger partial charge in [-0.05, 0) is 125 Å². The molecular weight excluding hydrogens is 1250 g/mol. The van der Waals surface area contributed by atoms with Crippen LogP contribution in [-0.2, 0) is 75.2 Å². The summed E-state index contributed by atoms with van der Waals surface area (Å²) in [6.07, 6.45) is -1.17. The summed E-state index contributed by atoms with van der Waals surface area (Å²) in [7, 11) is 1.75. The Hall–Kier alpha value is -10.2. The van der Waals surface area contributed by atoms with Gasteiger partial charge in [0.05, 0.1) is 6.42 Å². The van der Waals surface area contributed by atoms with Gasteiger partial charge in [-0.25, -0.2) is 0 Å². The quantitative estimate of drug-likeness (QED) is 0.0129. The predicted octanol–water partition coefficient (Wildman–Crippen LogP) is -4.28. The molecule has 2 aromatic rings. The molecule has 34 heteroatoms. The number of primary amides is 3. The monoisotopic (exact) mass is 1350 g/mol. The summed E-state index contributed by atoms with van der Waals surface area (Å²) in [6, 6.07) is -1.66. The van der Waals surface area contributed by atoms with Gasteiger partial charge in [-0.15, -0.1) is 0 Å². The maximum Gasteiger partial charge on any atom is 0.243 e. The van der Waals surface area contributed by atoms with Crippen LogP contribution in [-0.4, -0.2) is 180 Å². The molecule has 34 nitrogen and oxygen atoms in total. The Balaban J connectivity index is 2.46. The van der Waals surface area contributed by atoms with Crippen molar-refractivity contribution >= 4 is 89.1 Å². The molecule has 0 aliphatic rings. The van der Waals surface area contributed by atoms with E-state index in [9.17, 15) is 72.5 Å². The van der Waals surface area contributed by atoms with Crippen LogP contribution in [0.3, 0.4) is 0 Å². The molecule has 1 unspecified atom stereocenters. The van der Waals surface area contributed by atoms with Crippen molar-refractivity contribution in [2.24, 2.45) is 46.4 Å². The molecule has 0 saturated carbocycles. The Labute approximate surface area is 557 Å². The Bertz CT molecular complexity index is 2970. The van der Waals surface area contributed by atoms with Crippen LogP contribution >= 0.6 is 0 Å². The first-order chi connectivity index (χ1) is 45.2. The number of nitrogens with two attached hydrogens (primary N) is 5. The molecule has 0 fully saturated rings. The summed E-state index contributed by atoms with van der Waals surface area (Å²) in [5.41, 5.74) is 28.8. The Kier molecular flexibility index (Phi) is 36.7. The van der Waals surface area contributed by atoms with E-state index in [2.05, 4.69) is 63.8 Å². The Morgan fingerprint density at radius 3 is 1.27 bits per heavy atom. The molecule has 12 amide bonds. The molecule has 0 saturated heterocycles. The van der Waals surface area contributed by atoms with Gasteiger partial charge in [-0.2, -0.15) is 0 Å². The second-order valence-electron chi connectivity index (χ2n) is 24.0. The van der Waals surface area contributed by atoms with Crippen molar-refractivity contribution in [3.8, 4) is 11.5 Å². The molecule has 2 aromatic carbocycles. The van der Waals surface area contributed by atoms with Crippen molar-refractivity contribution in [1.29, 1.82) is 10.8 Å². The fraction of sp³-hybridized carbons (Fsp3) is 0.565. The van der Waals surface area contributed by atoms with E-state index in [-0.39, 0.29) is 81.9 Å². The standard InChI is InChI=1S/C62H99N19O15/c1-33(2)29-46(79-58(94)47(32-49(64)86)80-55(91)40(11-7-8-25-70-6)73-52(88)35(5)30-36-14-18-38(83)19-15-36)59(95)81-50(34(3)4)60(96)77-44(24-28-82)57(93)75-41(12-9-26-71-61(66)67)53(89)76-43(22-23-48(63)85)56(92)74-42(13-10-27-72-62(68)69)54(90)78-45(51(65)87)31-37-16-20-39(84)21-17-37/h14-21,28,33-35,40-47,50,70,83-84H,7-13,22-27,29-32H2,1-6H3,(H2,63,85)(H2,64,86)(H2,65,87)(H,73,88)(H,74,92)(H,75,93)(H,76,89)(H,77,96)(H,78,90)(H,79,94)(H,80,91)(H,81,95)(H4,66,67,71)(H4,68,69,72)/t35-,40?,41-,42-,43-,44-,45-,46-,47-,50-/m0/s1. The average molecular weight is 1350 g/mol. The van der Waals surface area contributed by atoms with Gasteiger partial charge in [-0.1, -0.05) is 58.9 Å². The second kappa shape index (κ2) is 43.0. The third-order valence-corrected chi connectivity index (χ3v) is 14.9. The molecular formula is C62H99N19O15. The van der Waals surface area contributed by atoms with Crippen LogP contribution in [0.15, 0.2) is 48.5 Å². The molecule has 0 spiro atoms. The van der Waals surface area contributed by atoms with Crippen LogP contribution in [0.2, 0.25) is 0 Å². The van der Waals surface area contributed by atoms with E-state index in [1.54, 1.807) is 40.0 Å². The van der Waals surface area contributed by atoms with Crippen molar-refractivity contribution in [3.63, 3.8) is 0 Å². The minimum Gasteiger partial charge on any atom is -0.508 e. The predicted molar refractivity (Wildman–Crippen MR) is 353 cm³/mol. The molecule has 0 aromatic heterocycles. The molecule has 0 aliphatic carbocycles. The highest BCUT2D eigenvalue weighted by atomic mass is 16.3. The maximum atomic E-state index is 14.4. The number of carbonyl (C=O) groups excluding carboxylic acids is 13. The van der Waals surface area contributed by atoms with Gasteiger partial charge in [0.1, 0.15) is 72.2 Å². The third kappa shape index (κ3) is 32.1. The van der Waals surface area contributed by atoms with E-state index >= 15 is 0 Å². The zero-order chi connectivity index (χ0) is 72.2. The van der Waals surface area contributed by atoms with Gasteiger partial charge in [-0.3, -0.25) is 68.4 Å². The first-order valence-corrected chi connectivity index (χ1v) is 31.6.